The molecule has 1 fully saturated rings. The van der Waals surface area contributed by atoms with E-state index in [1.807, 2.05) is 37.3 Å². The number of nitrogens with zero attached hydrogens (tertiary/aromatic N) is 2. The number of benzene rings is 1. The molecule has 1 aromatic heterocycles. The van der Waals surface area contributed by atoms with Crippen molar-refractivity contribution in [2.45, 2.75) is 19.4 Å². The van der Waals surface area contributed by atoms with Gasteiger partial charge in [0.1, 0.15) is 11.9 Å². The highest BCUT2D eigenvalue weighted by atomic mass is 16.5. The van der Waals surface area contributed by atoms with Crippen LogP contribution in [0.5, 0.6) is 5.75 Å². The Bertz CT molecular complexity index is 749. The normalized spacial score (nSPS) is 16.5. The summed E-state index contributed by atoms with van der Waals surface area (Å²) in [6, 6.07) is 11.0. The van der Waals surface area contributed by atoms with Gasteiger partial charge in [-0.05, 0) is 30.7 Å². The second-order valence-corrected chi connectivity index (χ2v) is 6.05. The Labute approximate surface area is 146 Å². The van der Waals surface area contributed by atoms with Crippen molar-refractivity contribution in [1.82, 2.24) is 15.2 Å². The molecule has 2 aromatic rings. The van der Waals surface area contributed by atoms with Gasteiger partial charge in [0, 0.05) is 24.7 Å². The van der Waals surface area contributed by atoms with E-state index >= 15 is 0 Å². The maximum absolute atomic E-state index is 12.3. The molecular weight excluding hydrogens is 318 g/mol. The van der Waals surface area contributed by atoms with E-state index < -0.39 is 0 Å². The van der Waals surface area contributed by atoms with Crippen LogP contribution < -0.4 is 10.1 Å². The lowest BCUT2D eigenvalue weighted by molar-refractivity contribution is -0.129. The first-order chi connectivity index (χ1) is 12.1. The molecule has 2 amide bonds. The Hall–Kier alpha value is -2.89. The number of hydrogen-bond donors (Lipinski definition) is 1. The van der Waals surface area contributed by atoms with Gasteiger partial charge in [-0.2, -0.15) is 0 Å². The summed E-state index contributed by atoms with van der Waals surface area (Å²) >= 11 is 0. The van der Waals surface area contributed by atoms with Gasteiger partial charge in [0.25, 0.3) is 5.91 Å². The van der Waals surface area contributed by atoms with Gasteiger partial charge < -0.3 is 15.0 Å². The number of aromatic nitrogens is 1. The summed E-state index contributed by atoms with van der Waals surface area (Å²) in [5.74, 6) is 0.377. The molecule has 0 aliphatic carbocycles. The van der Waals surface area contributed by atoms with Gasteiger partial charge in [-0.3, -0.25) is 14.6 Å². The van der Waals surface area contributed by atoms with Crippen molar-refractivity contribution in [2.75, 3.05) is 19.6 Å². The summed E-state index contributed by atoms with van der Waals surface area (Å²) in [6.07, 6.45) is 4.08. The molecule has 3 rings (SSSR count). The van der Waals surface area contributed by atoms with Crippen LogP contribution in [-0.4, -0.2) is 47.4 Å². The first kappa shape index (κ1) is 17.0. The van der Waals surface area contributed by atoms with Crippen LogP contribution in [0.25, 0.3) is 0 Å². The molecule has 0 saturated carbocycles. The summed E-state index contributed by atoms with van der Waals surface area (Å²) in [5.41, 5.74) is 1.48. The molecule has 1 N–H and O–H groups in total. The second kappa shape index (κ2) is 7.79. The second-order valence-electron chi connectivity index (χ2n) is 6.05. The third-order valence-electron chi connectivity index (χ3n) is 4.22. The molecule has 1 saturated heterocycles. The van der Waals surface area contributed by atoms with Gasteiger partial charge in [-0.25, -0.2) is 0 Å². The van der Waals surface area contributed by atoms with E-state index in [0.717, 1.165) is 12.0 Å². The van der Waals surface area contributed by atoms with Crippen LogP contribution in [0.3, 0.4) is 0 Å². The molecule has 1 unspecified atom stereocenters. The SMILES string of the molecule is Cc1ccccc1C(=O)NCC(=O)N1CCC(Oc2cccnc2)C1. The van der Waals surface area contributed by atoms with Crippen LogP contribution in [0, 0.1) is 6.92 Å². The number of aryl methyl sites for hydroxylation is 1. The number of hydrogen-bond acceptors (Lipinski definition) is 4. The van der Waals surface area contributed by atoms with Crippen molar-refractivity contribution in [2.24, 2.45) is 0 Å². The third-order valence-corrected chi connectivity index (χ3v) is 4.22. The summed E-state index contributed by atoms with van der Waals surface area (Å²) in [5, 5.41) is 2.70. The Morgan fingerprint density at radius 2 is 2.12 bits per heavy atom. The van der Waals surface area contributed by atoms with Gasteiger partial charge in [0.2, 0.25) is 5.91 Å². The Kier molecular flexibility index (Phi) is 5.28. The molecule has 6 nitrogen and oxygen atoms in total. The average Bonchev–Trinajstić information content (AvgIpc) is 3.09. The smallest absolute Gasteiger partial charge is 0.251 e. The van der Waals surface area contributed by atoms with E-state index in [2.05, 4.69) is 10.3 Å². The van der Waals surface area contributed by atoms with Crippen molar-refractivity contribution >= 4 is 11.8 Å². The molecule has 6 heteroatoms. The zero-order valence-electron chi connectivity index (χ0n) is 14.1. The Balaban J connectivity index is 1.48. The van der Waals surface area contributed by atoms with Crippen LogP contribution in [0.4, 0.5) is 0 Å². The number of pyridine rings is 1. The molecular formula is C19H21N3O3. The first-order valence-electron chi connectivity index (χ1n) is 8.32. The number of nitrogens with one attached hydrogen (secondary N) is 1. The number of likely N-dealkylation sites (tertiary alicyclic amines) is 1. The lowest BCUT2D eigenvalue weighted by Gasteiger charge is -2.17. The van der Waals surface area contributed by atoms with Crippen LogP contribution in [0.1, 0.15) is 22.3 Å². The largest absolute Gasteiger partial charge is 0.487 e. The molecule has 1 aliphatic heterocycles. The maximum atomic E-state index is 12.3. The van der Waals surface area contributed by atoms with Crippen LogP contribution in [-0.2, 0) is 4.79 Å². The van der Waals surface area contributed by atoms with Gasteiger partial charge in [-0.15, -0.1) is 0 Å². The van der Waals surface area contributed by atoms with Crippen LogP contribution >= 0.6 is 0 Å². The van der Waals surface area contributed by atoms with Crippen molar-refractivity contribution in [3.63, 3.8) is 0 Å². The maximum Gasteiger partial charge on any atom is 0.251 e. The zero-order chi connectivity index (χ0) is 17.6. The lowest BCUT2D eigenvalue weighted by Crippen LogP contribution is -2.39. The highest BCUT2D eigenvalue weighted by Gasteiger charge is 2.27. The topological polar surface area (TPSA) is 71.5 Å². The third kappa shape index (κ3) is 4.35. The van der Waals surface area contributed by atoms with Crippen molar-refractivity contribution < 1.29 is 14.3 Å². The number of carbonyl (C=O) groups excluding carboxylic acids is 2. The molecule has 2 heterocycles. The molecule has 1 aliphatic rings. The first-order valence-corrected chi connectivity index (χ1v) is 8.32. The molecule has 0 spiro atoms. The summed E-state index contributed by atoms with van der Waals surface area (Å²) in [6.45, 7) is 3.02. The predicted octanol–water partition coefficient (Wildman–Crippen LogP) is 1.80. The van der Waals surface area contributed by atoms with Crippen LogP contribution in [0.15, 0.2) is 48.8 Å². The average molecular weight is 339 g/mol. The number of ether oxygens (including phenoxy) is 1. The molecule has 25 heavy (non-hydrogen) atoms. The monoisotopic (exact) mass is 339 g/mol. The van der Waals surface area contributed by atoms with E-state index in [9.17, 15) is 9.59 Å². The Morgan fingerprint density at radius 1 is 1.28 bits per heavy atom. The summed E-state index contributed by atoms with van der Waals surface area (Å²) < 4.78 is 5.82. The molecule has 1 atom stereocenters. The van der Waals surface area contributed by atoms with Gasteiger partial charge in [-0.1, -0.05) is 18.2 Å². The van der Waals surface area contributed by atoms with Crippen LogP contribution in [0.2, 0.25) is 0 Å². The molecule has 1 aromatic carbocycles. The fourth-order valence-electron chi connectivity index (χ4n) is 2.85. The lowest BCUT2D eigenvalue weighted by atomic mass is 10.1. The Morgan fingerprint density at radius 3 is 2.88 bits per heavy atom. The van der Waals surface area contributed by atoms with E-state index in [-0.39, 0.29) is 24.5 Å². The van der Waals surface area contributed by atoms with E-state index in [0.29, 0.717) is 24.4 Å². The number of rotatable bonds is 5. The van der Waals surface area contributed by atoms with Crippen molar-refractivity contribution in [3.05, 3.63) is 59.9 Å². The minimum absolute atomic E-state index is 0.00716. The molecule has 130 valence electrons. The summed E-state index contributed by atoms with van der Waals surface area (Å²) in [4.78, 5) is 30.2. The van der Waals surface area contributed by atoms with Gasteiger partial charge >= 0.3 is 0 Å². The standard InChI is InChI=1S/C19H21N3O3/c1-14-5-2-3-7-17(14)19(24)21-12-18(23)22-10-8-16(13-22)25-15-6-4-9-20-11-15/h2-7,9,11,16H,8,10,12-13H2,1H3,(H,21,24). The van der Waals surface area contributed by atoms with Crippen molar-refractivity contribution in [1.29, 1.82) is 0 Å². The van der Waals surface area contributed by atoms with E-state index in [1.54, 1.807) is 23.4 Å². The molecule has 0 bridgehead atoms. The van der Waals surface area contributed by atoms with Gasteiger partial charge in [0.15, 0.2) is 0 Å². The highest BCUT2D eigenvalue weighted by Crippen LogP contribution is 2.17. The number of carbonyl (C=O) groups is 2. The number of amides is 2. The predicted molar refractivity (Wildman–Crippen MR) is 93.4 cm³/mol. The van der Waals surface area contributed by atoms with E-state index in [4.69, 9.17) is 4.74 Å². The fourth-order valence-corrected chi connectivity index (χ4v) is 2.85. The van der Waals surface area contributed by atoms with E-state index in [1.165, 1.54) is 0 Å². The highest BCUT2D eigenvalue weighted by molar-refractivity contribution is 5.97. The molecule has 0 radical (unpaired) electrons. The summed E-state index contributed by atoms with van der Waals surface area (Å²) in [7, 11) is 0. The minimum Gasteiger partial charge on any atom is -0.487 e. The zero-order valence-corrected chi connectivity index (χ0v) is 14.1. The fraction of sp³-hybridized carbons (Fsp3) is 0.316. The minimum atomic E-state index is -0.228. The quantitative estimate of drug-likeness (QED) is 0.902. The van der Waals surface area contributed by atoms with Crippen molar-refractivity contribution in [3.8, 4) is 5.75 Å². The van der Waals surface area contributed by atoms with Gasteiger partial charge in [0.05, 0.1) is 19.3 Å².